The molecule has 0 radical (unpaired) electrons. The van der Waals surface area contributed by atoms with Crippen LogP contribution >= 0.6 is 12.4 Å². The smallest absolute Gasteiger partial charge is 0.324 e. The fraction of sp³-hybridized carbons (Fsp3) is 0.556. The molecule has 3 heterocycles. The zero-order valence-electron chi connectivity index (χ0n) is 14.9. The maximum atomic E-state index is 14.3. The summed E-state index contributed by atoms with van der Waals surface area (Å²) in [6, 6.07) is 4.75. The van der Waals surface area contributed by atoms with Crippen molar-refractivity contribution >= 4 is 35.8 Å². The standard InChI is InChI=1S/C18H23FN4O3.ClH/c19-13-7-14(21-4-1-12(2-5-21)17(24)25)9-15(8-13)23-11-16-10-20-3-6-22(16)18(23)26;/h7-9,12,16,20H,1-6,10-11H2,(H,24,25);1H. The third kappa shape index (κ3) is 3.82. The van der Waals surface area contributed by atoms with Crippen molar-refractivity contribution in [3.05, 3.63) is 24.0 Å². The molecule has 0 bridgehead atoms. The summed E-state index contributed by atoms with van der Waals surface area (Å²) in [5.74, 6) is -1.48. The number of hydrogen-bond acceptors (Lipinski definition) is 4. The molecule has 1 aromatic rings. The third-order valence-corrected chi connectivity index (χ3v) is 5.61. The molecule has 148 valence electrons. The van der Waals surface area contributed by atoms with E-state index in [0.717, 1.165) is 13.1 Å². The van der Waals surface area contributed by atoms with Gasteiger partial charge in [0, 0.05) is 45.0 Å². The summed E-state index contributed by atoms with van der Waals surface area (Å²) in [5.41, 5.74) is 1.28. The van der Waals surface area contributed by atoms with E-state index < -0.39 is 5.97 Å². The van der Waals surface area contributed by atoms with Crippen LogP contribution in [0.2, 0.25) is 0 Å². The summed E-state index contributed by atoms with van der Waals surface area (Å²) in [7, 11) is 0. The first-order valence-corrected chi connectivity index (χ1v) is 9.10. The summed E-state index contributed by atoms with van der Waals surface area (Å²) < 4.78 is 14.3. The number of amides is 2. The number of anilines is 2. The Morgan fingerprint density at radius 2 is 1.85 bits per heavy atom. The van der Waals surface area contributed by atoms with Crippen molar-refractivity contribution in [2.45, 2.75) is 18.9 Å². The number of hydrogen-bond donors (Lipinski definition) is 2. The summed E-state index contributed by atoms with van der Waals surface area (Å²) in [6.45, 7) is 3.91. The van der Waals surface area contributed by atoms with E-state index in [0.29, 0.717) is 50.4 Å². The SMILES string of the molecule is Cl.O=C(O)C1CCN(c2cc(F)cc(N3CC4CNCCN4C3=O)c2)CC1. The largest absolute Gasteiger partial charge is 0.481 e. The van der Waals surface area contributed by atoms with Gasteiger partial charge in [-0.25, -0.2) is 9.18 Å². The average molecular weight is 399 g/mol. The molecule has 0 aliphatic carbocycles. The van der Waals surface area contributed by atoms with Gasteiger partial charge in [0.05, 0.1) is 17.6 Å². The molecular formula is C18H24ClFN4O3. The summed E-state index contributed by atoms with van der Waals surface area (Å²) >= 11 is 0. The number of urea groups is 1. The van der Waals surface area contributed by atoms with Gasteiger partial charge >= 0.3 is 12.0 Å². The Hall–Kier alpha value is -2.06. The van der Waals surface area contributed by atoms with Gasteiger partial charge in [-0.3, -0.25) is 9.69 Å². The van der Waals surface area contributed by atoms with Crippen molar-refractivity contribution < 1.29 is 19.1 Å². The maximum absolute atomic E-state index is 14.3. The second-order valence-electron chi connectivity index (χ2n) is 7.21. The van der Waals surface area contributed by atoms with Gasteiger partial charge in [0.15, 0.2) is 0 Å². The van der Waals surface area contributed by atoms with Gasteiger partial charge in [0.25, 0.3) is 0 Å². The van der Waals surface area contributed by atoms with Crippen molar-refractivity contribution in [1.29, 1.82) is 0 Å². The summed E-state index contributed by atoms with van der Waals surface area (Å²) in [5, 5.41) is 12.4. The Balaban J connectivity index is 0.00000210. The molecule has 3 fully saturated rings. The molecule has 9 heteroatoms. The Bertz CT molecular complexity index is 727. The normalized spacial score (nSPS) is 23.2. The second-order valence-corrected chi connectivity index (χ2v) is 7.21. The molecule has 3 aliphatic heterocycles. The average Bonchev–Trinajstić information content (AvgIpc) is 2.98. The Morgan fingerprint density at radius 1 is 1.15 bits per heavy atom. The van der Waals surface area contributed by atoms with Crippen molar-refractivity contribution in [3.8, 4) is 0 Å². The molecule has 2 amide bonds. The molecule has 1 unspecified atom stereocenters. The van der Waals surface area contributed by atoms with Crippen LogP contribution in [0.1, 0.15) is 12.8 Å². The monoisotopic (exact) mass is 398 g/mol. The lowest BCUT2D eigenvalue weighted by atomic mass is 9.96. The van der Waals surface area contributed by atoms with Gasteiger partial charge in [-0.1, -0.05) is 0 Å². The lowest BCUT2D eigenvalue weighted by molar-refractivity contribution is -0.142. The predicted octanol–water partition coefficient (Wildman–Crippen LogP) is 1.76. The lowest BCUT2D eigenvalue weighted by Gasteiger charge is -2.32. The van der Waals surface area contributed by atoms with Crippen LogP contribution in [-0.2, 0) is 4.79 Å². The number of nitrogens with zero attached hydrogens (tertiary/aromatic N) is 3. The highest BCUT2D eigenvalue weighted by molar-refractivity contribution is 5.95. The first kappa shape index (κ1) is 19.7. The third-order valence-electron chi connectivity index (χ3n) is 5.61. The van der Waals surface area contributed by atoms with E-state index in [9.17, 15) is 14.0 Å². The van der Waals surface area contributed by atoms with Crippen LogP contribution in [0.15, 0.2) is 18.2 Å². The molecule has 2 N–H and O–H groups in total. The molecule has 27 heavy (non-hydrogen) atoms. The van der Waals surface area contributed by atoms with Crippen LogP contribution in [0.25, 0.3) is 0 Å². The Morgan fingerprint density at radius 3 is 2.52 bits per heavy atom. The molecule has 0 aromatic heterocycles. The number of piperazine rings is 1. The van der Waals surface area contributed by atoms with Gasteiger partial charge in [-0.15, -0.1) is 12.4 Å². The number of carboxylic acid groups (broad SMARTS) is 1. The highest BCUT2D eigenvalue weighted by Gasteiger charge is 2.39. The van der Waals surface area contributed by atoms with Gasteiger partial charge in [0.1, 0.15) is 5.82 Å². The highest BCUT2D eigenvalue weighted by Crippen LogP contribution is 2.31. The van der Waals surface area contributed by atoms with Crippen LogP contribution in [0.5, 0.6) is 0 Å². The zero-order chi connectivity index (χ0) is 18.3. The van der Waals surface area contributed by atoms with Crippen molar-refractivity contribution in [3.63, 3.8) is 0 Å². The molecule has 0 saturated carbocycles. The van der Waals surface area contributed by atoms with Crippen molar-refractivity contribution in [1.82, 2.24) is 10.2 Å². The predicted molar refractivity (Wildman–Crippen MR) is 102 cm³/mol. The topological polar surface area (TPSA) is 76.1 Å². The molecule has 0 spiro atoms. The fourth-order valence-corrected chi connectivity index (χ4v) is 4.12. The number of benzene rings is 1. The van der Waals surface area contributed by atoms with E-state index in [1.165, 1.54) is 12.1 Å². The molecular weight excluding hydrogens is 375 g/mol. The highest BCUT2D eigenvalue weighted by atomic mass is 35.5. The molecule has 3 saturated heterocycles. The van der Waals surface area contributed by atoms with Crippen LogP contribution in [-0.4, -0.2) is 67.3 Å². The van der Waals surface area contributed by atoms with Crippen LogP contribution in [0, 0.1) is 11.7 Å². The molecule has 1 atom stereocenters. The number of carbonyl (C=O) groups excluding carboxylic acids is 1. The fourth-order valence-electron chi connectivity index (χ4n) is 4.12. The lowest BCUT2D eigenvalue weighted by Crippen LogP contribution is -2.49. The molecule has 1 aromatic carbocycles. The van der Waals surface area contributed by atoms with E-state index in [1.807, 2.05) is 15.9 Å². The van der Waals surface area contributed by atoms with Crippen molar-refractivity contribution in [2.24, 2.45) is 5.92 Å². The number of aliphatic carboxylic acids is 1. The van der Waals surface area contributed by atoms with Crippen LogP contribution in [0.3, 0.4) is 0 Å². The van der Waals surface area contributed by atoms with Gasteiger partial charge in [-0.05, 0) is 31.0 Å². The molecule has 7 nitrogen and oxygen atoms in total. The minimum atomic E-state index is -0.766. The maximum Gasteiger partial charge on any atom is 0.324 e. The summed E-state index contributed by atoms with van der Waals surface area (Å²) in [6.07, 6.45) is 1.09. The Labute approximate surface area is 163 Å². The number of nitrogens with one attached hydrogen (secondary N) is 1. The number of rotatable bonds is 3. The van der Waals surface area contributed by atoms with Gasteiger partial charge in [-0.2, -0.15) is 0 Å². The number of fused-ring (bicyclic) bond motifs is 1. The van der Waals surface area contributed by atoms with Crippen LogP contribution < -0.4 is 15.1 Å². The van der Waals surface area contributed by atoms with E-state index >= 15 is 0 Å². The number of piperidine rings is 1. The van der Waals surface area contributed by atoms with E-state index in [4.69, 9.17) is 5.11 Å². The van der Waals surface area contributed by atoms with E-state index in [2.05, 4.69) is 5.32 Å². The zero-order valence-corrected chi connectivity index (χ0v) is 15.8. The minimum absolute atomic E-state index is 0. The van der Waals surface area contributed by atoms with Crippen molar-refractivity contribution in [2.75, 3.05) is 49.1 Å². The molecule has 4 rings (SSSR count). The van der Waals surface area contributed by atoms with Crippen LogP contribution in [0.4, 0.5) is 20.6 Å². The summed E-state index contributed by atoms with van der Waals surface area (Å²) in [4.78, 5) is 29.3. The number of carboxylic acids is 1. The first-order valence-electron chi connectivity index (χ1n) is 9.10. The minimum Gasteiger partial charge on any atom is -0.481 e. The first-order chi connectivity index (χ1) is 12.5. The van der Waals surface area contributed by atoms with E-state index in [1.54, 1.807) is 4.90 Å². The van der Waals surface area contributed by atoms with Gasteiger partial charge < -0.3 is 20.2 Å². The van der Waals surface area contributed by atoms with E-state index in [-0.39, 0.29) is 36.2 Å². The molecule has 3 aliphatic rings. The second kappa shape index (κ2) is 7.90. The number of carbonyl (C=O) groups is 2. The quantitative estimate of drug-likeness (QED) is 0.811. The Kier molecular flexibility index (Phi) is 5.76. The number of halogens is 2. The van der Waals surface area contributed by atoms with Gasteiger partial charge in [0.2, 0.25) is 0 Å².